The molecule has 1 atom stereocenters. The second-order valence-corrected chi connectivity index (χ2v) is 7.75. The maximum absolute atomic E-state index is 12.5. The summed E-state index contributed by atoms with van der Waals surface area (Å²) in [5, 5.41) is 6.58. The number of rotatable bonds is 7. The Hall–Kier alpha value is -2.20. The van der Waals surface area contributed by atoms with Gasteiger partial charge in [-0.25, -0.2) is 0 Å². The second kappa shape index (κ2) is 10.0. The third-order valence-corrected chi connectivity index (χ3v) is 5.06. The van der Waals surface area contributed by atoms with Crippen molar-refractivity contribution in [2.45, 2.75) is 36.3 Å². The lowest BCUT2D eigenvalue weighted by molar-refractivity contribution is -0.0328. The van der Waals surface area contributed by atoms with E-state index in [0.717, 1.165) is 25.9 Å². The van der Waals surface area contributed by atoms with Gasteiger partial charge in [0.05, 0.1) is 0 Å². The maximum atomic E-state index is 12.5. The summed E-state index contributed by atoms with van der Waals surface area (Å²) in [6.45, 7) is 1.95. The monoisotopic (exact) mass is 430 g/mol. The van der Waals surface area contributed by atoms with Gasteiger partial charge in [-0.3, -0.25) is 4.79 Å². The number of amides is 1. The Morgan fingerprint density at radius 2 is 2.14 bits per heavy atom. The highest BCUT2D eigenvalue weighted by atomic mass is 32.2. The topological polar surface area (TPSA) is 73.6 Å². The normalized spacial score (nSPS) is 17.6. The van der Waals surface area contributed by atoms with E-state index in [1.165, 1.54) is 24.3 Å². The summed E-state index contributed by atoms with van der Waals surface area (Å²) in [5.74, 6) is 0.593. The summed E-state index contributed by atoms with van der Waals surface area (Å²) in [6.07, 6.45) is 2.89. The van der Waals surface area contributed by atoms with Crippen molar-refractivity contribution < 1.29 is 32.0 Å². The van der Waals surface area contributed by atoms with Crippen molar-refractivity contribution in [2.24, 2.45) is 5.92 Å². The lowest BCUT2D eigenvalue weighted by atomic mass is 10.0. The smallest absolute Gasteiger partial charge is 0.446 e. The zero-order chi connectivity index (χ0) is 20.7. The SMILES string of the molecule is O=C(NCC1CCCOCC1)c1cc(COc2cccc(SC(F)(F)F)c2)on1. The van der Waals surface area contributed by atoms with E-state index in [4.69, 9.17) is 14.0 Å². The molecule has 158 valence electrons. The standard InChI is InChI=1S/C19H21F3N2O4S/c20-19(21,22)29-16-5-1-4-14(9-16)27-12-15-10-17(24-28-15)18(25)23-11-13-3-2-7-26-8-6-13/h1,4-5,9-10,13H,2-3,6-8,11-12H2,(H,23,25). The Morgan fingerprint density at radius 3 is 2.97 bits per heavy atom. The van der Waals surface area contributed by atoms with Crippen LogP contribution in [0.4, 0.5) is 13.2 Å². The van der Waals surface area contributed by atoms with Gasteiger partial charge in [-0.2, -0.15) is 13.2 Å². The fraction of sp³-hybridized carbons (Fsp3) is 0.474. The van der Waals surface area contributed by atoms with E-state index >= 15 is 0 Å². The number of nitrogens with zero attached hydrogens (tertiary/aromatic N) is 1. The molecule has 2 heterocycles. The second-order valence-electron chi connectivity index (χ2n) is 6.61. The molecule has 1 aliphatic heterocycles. The van der Waals surface area contributed by atoms with Crippen LogP contribution < -0.4 is 10.1 Å². The average Bonchev–Trinajstić information content (AvgIpc) is 2.99. The van der Waals surface area contributed by atoms with Crippen molar-refractivity contribution in [3.05, 3.63) is 41.8 Å². The highest BCUT2D eigenvalue weighted by Crippen LogP contribution is 2.37. The van der Waals surface area contributed by atoms with Crippen LogP contribution in [0.25, 0.3) is 0 Å². The molecule has 1 saturated heterocycles. The summed E-state index contributed by atoms with van der Waals surface area (Å²) in [4.78, 5) is 12.2. The number of hydrogen-bond acceptors (Lipinski definition) is 6. The van der Waals surface area contributed by atoms with E-state index in [1.807, 2.05) is 0 Å². The van der Waals surface area contributed by atoms with E-state index in [9.17, 15) is 18.0 Å². The molecular weight excluding hydrogens is 409 g/mol. The Kier molecular flexibility index (Phi) is 7.43. The number of carbonyl (C=O) groups is 1. The lowest BCUT2D eigenvalue weighted by Gasteiger charge is -2.13. The van der Waals surface area contributed by atoms with Gasteiger partial charge in [-0.1, -0.05) is 11.2 Å². The van der Waals surface area contributed by atoms with E-state index in [-0.39, 0.29) is 40.6 Å². The molecule has 1 aliphatic rings. The van der Waals surface area contributed by atoms with Crippen molar-refractivity contribution in [2.75, 3.05) is 19.8 Å². The van der Waals surface area contributed by atoms with E-state index in [0.29, 0.717) is 24.8 Å². The molecule has 0 spiro atoms. The molecule has 0 aliphatic carbocycles. The van der Waals surface area contributed by atoms with Gasteiger partial charge in [0, 0.05) is 30.7 Å². The third kappa shape index (κ3) is 7.28. The summed E-state index contributed by atoms with van der Waals surface area (Å²) >= 11 is -0.214. The van der Waals surface area contributed by atoms with Crippen LogP contribution in [-0.4, -0.2) is 36.3 Å². The molecule has 0 radical (unpaired) electrons. The molecule has 3 rings (SSSR count). The van der Waals surface area contributed by atoms with E-state index in [2.05, 4.69) is 10.5 Å². The summed E-state index contributed by atoms with van der Waals surface area (Å²) in [7, 11) is 0. The molecule has 6 nitrogen and oxygen atoms in total. The molecule has 29 heavy (non-hydrogen) atoms. The first-order chi connectivity index (χ1) is 13.9. The van der Waals surface area contributed by atoms with Crippen molar-refractivity contribution in [1.82, 2.24) is 10.5 Å². The molecule has 1 aromatic carbocycles. The van der Waals surface area contributed by atoms with E-state index < -0.39 is 5.51 Å². The molecule has 0 saturated carbocycles. The predicted octanol–water partition coefficient (Wildman–Crippen LogP) is 4.41. The zero-order valence-corrected chi connectivity index (χ0v) is 16.4. The zero-order valence-electron chi connectivity index (χ0n) is 15.5. The molecule has 1 amide bonds. The van der Waals surface area contributed by atoms with Crippen LogP contribution in [-0.2, 0) is 11.3 Å². The van der Waals surface area contributed by atoms with Crippen LogP contribution in [0.5, 0.6) is 5.75 Å². The van der Waals surface area contributed by atoms with Gasteiger partial charge in [-0.15, -0.1) is 0 Å². The Labute approximate surface area is 170 Å². The number of benzene rings is 1. The first-order valence-corrected chi connectivity index (χ1v) is 10.0. The van der Waals surface area contributed by atoms with Crippen LogP contribution in [0.2, 0.25) is 0 Å². The predicted molar refractivity (Wildman–Crippen MR) is 99.7 cm³/mol. The number of alkyl halides is 3. The number of ether oxygens (including phenoxy) is 2. The van der Waals surface area contributed by atoms with Crippen LogP contribution in [0.3, 0.4) is 0 Å². The highest BCUT2D eigenvalue weighted by molar-refractivity contribution is 8.00. The molecule has 1 unspecified atom stereocenters. The minimum absolute atomic E-state index is 0.0246. The van der Waals surface area contributed by atoms with Crippen LogP contribution in [0.1, 0.15) is 35.5 Å². The van der Waals surface area contributed by atoms with E-state index in [1.54, 1.807) is 6.07 Å². The number of thioether (sulfide) groups is 1. The largest absolute Gasteiger partial charge is 0.486 e. The van der Waals surface area contributed by atoms with Crippen LogP contribution >= 0.6 is 11.8 Å². The quantitative estimate of drug-likeness (QED) is 0.656. The van der Waals surface area contributed by atoms with Gasteiger partial charge in [0.25, 0.3) is 5.91 Å². The third-order valence-electron chi connectivity index (χ3n) is 4.33. The Bertz CT molecular complexity index is 805. The van der Waals surface area contributed by atoms with Gasteiger partial charge in [0.1, 0.15) is 12.4 Å². The lowest BCUT2D eigenvalue weighted by Crippen LogP contribution is -2.29. The van der Waals surface area contributed by atoms with Gasteiger partial charge < -0.3 is 19.3 Å². The Balaban J connectivity index is 1.48. The first kappa shape index (κ1) is 21.5. The van der Waals surface area contributed by atoms with Gasteiger partial charge in [0.2, 0.25) is 0 Å². The van der Waals surface area contributed by atoms with Gasteiger partial charge >= 0.3 is 5.51 Å². The molecule has 1 fully saturated rings. The van der Waals surface area contributed by atoms with Crippen molar-refractivity contribution in [3.63, 3.8) is 0 Å². The number of carbonyl (C=O) groups excluding carboxylic acids is 1. The summed E-state index contributed by atoms with van der Waals surface area (Å²) in [6, 6.07) is 7.11. The molecule has 1 aromatic heterocycles. The maximum Gasteiger partial charge on any atom is 0.446 e. The average molecular weight is 430 g/mol. The number of halogens is 3. The van der Waals surface area contributed by atoms with Crippen molar-refractivity contribution >= 4 is 17.7 Å². The number of hydrogen-bond donors (Lipinski definition) is 1. The van der Waals surface area contributed by atoms with Crippen molar-refractivity contribution in [3.8, 4) is 5.75 Å². The van der Waals surface area contributed by atoms with Crippen LogP contribution in [0, 0.1) is 5.92 Å². The number of aromatic nitrogens is 1. The van der Waals surface area contributed by atoms with Gasteiger partial charge in [-0.05, 0) is 55.1 Å². The fourth-order valence-electron chi connectivity index (χ4n) is 2.91. The fourth-order valence-corrected chi connectivity index (χ4v) is 3.49. The summed E-state index contributed by atoms with van der Waals surface area (Å²) < 4.78 is 53.3. The van der Waals surface area contributed by atoms with Gasteiger partial charge in [0.15, 0.2) is 11.5 Å². The molecule has 10 heteroatoms. The molecular formula is C19H21F3N2O4S. The summed E-state index contributed by atoms with van der Waals surface area (Å²) in [5.41, 5.74) is -4.23. The minimum atomic E-state index is -4.37. The Morgan fingerprint density at radius 1 is 1.28 bits per heavy atom. The first-order valence-electron chi connectivity index (χ1n) is 9.19. The van der Waals surface area contributed by atoms with Crippen molar-refractivity contribution in [1.29, 1.82) is 0 Å². The highest BCUT2D eigenvalue weighted by Gasteiger charge is 2.29. The molecule has 2 aromatic rings. The minimum Gasteiger partial charge on any atom is -0.486 e. The number of nitrogens with one attached hydrogen (secondary N) is 1. The molecule has 1 N–H and O–H groups in total. The van der Waals surface area contributed by atoms with Crippen LogP contribution in [0.15, 0.2) is 39.8 Å². The molecule has 0 bridgehead atoms.